The summed E-state index contributed by atoms with van der Waals surface area (Å²) in [5, 5.41) is 0. The molecule has 0 saturated heterocycles. The summed E-state index contributed by atoms with van der Waals surface area (Å²) in [4.78, 5) is 10.5. The maximum absolute atomic E-state index is 10.5. The van der Waals surface area contributed by atoms with Crippen LogP contribution in [0.3, 0.4) is 0 Å². The molecular formula is C14H14O4. The van der Waals surface area contributed by atoms with Crippen molar-refractivity contribution in [2.24, 2.45) is 0 Å². The zero-order chi connectivity index (χ0) is 13.0. The molecule has 0 N–H and O–H groups in total. The summed E-state index contributed by atoms with van der Waals surface area (Å²) in [5.41, 5.74) is 0. The highest BCUT2D eigenvalue weighted by Gasteiger charge is 2.04. The molecule has 0 spiro atoms. The highest BCUT2D eigenvalue weighted by molar-refractivity contribution is 5.70. The summed E-state index contributed by atoms with van der Waals surface area (Å²) in [6.07, 6.45) is 0.767. The third kappa shape index (κ3) is 3.13. The van der Waals surface area contributed by atoms with E-state index >= 15 is 0 Å². The van der Waals surface area contributed by atoms with Crippen molar-refractivity contribution >= 4 is 6.29 Å². The summed E-state index contributed by atoms with van der Waals surface area (Å²) in [6, 6.07) is 10.3. The van der Waals surface area contributed by atoms with Gasteiger partial charge in [-0.2, -0.15) is 0 Å². The van der Waals surface area contributed by atoms with Gasteiger partial charge in [0.15, 0.2) is 12.0 Å². The molecule has 1 aromatic carbocycles. The van der Waals surface area contributed by atoms with Gasteiger partial charge in [-0.1, -0.05) is 0 Å². The number of furan rings is 1. The number of ether oxygens (including phenoxy) is 2. The van der Waals surface area contributed by atoms with Crippen LogP contribution in [0.25, 0.3) is 0 Å². The van der Waals surface area contributed by atoms with Gasteiger partial charge in [0.05, 0.1) is 6.10 Å². The lowest BCUT2D eigenvalue weighted by Gasteiger charge is -2.09. The summed E-state index contributed by atoms with van der Waals surface area (Å²) in [5.74, 6) is 1.93. The van der Waals surface area contributed by atoms with E-state index in [4.69, 9.17) is 13.9 Å². The Labute approximate surface area is 105 Å². The van der Waals surface area contributed by atoms with Crippen molar-refractivity contribution in [3.63, 3.8) is 0 Å². The minimum atomic E-state index is 0.136. The van der Waals surface area contributed by atoms with Gasteiger partial charge in [0, 0.05) is 6.07 Å². The third-order valence-corrected chi connectivity index (χ3v) is 2.13. The smallest absolute Gasteiger partial charge is 0.290 e. The van der Waals surface area contributed by atoms with E-state index in [-0.39, 0.29) is 17.8 Å². The van der Waals surface area contributed by atoms with Crippen molar-refractivity contribution < 1.29 is 18.7 Å². The second kappa shape index (κ2) is 5.40. The van der Waals surface area contributed by atoms with E-state index in [9.17, 15) is 4.79 Å². The zero-order valence-corrected chi connectivity index (χ0v) is 10.3. The van der Waals surface area contributed by atoms with Crippen LogP contribution in [0, 0.1) is 0 Å². The summed E-state index contributed by atoms with van der Waals surface area (Å²) >= 11 is 0. The average molecular weight is 246 g/mol. The highest BCUT2D eigenvalue weighted by atomic mass is 16.6. The third-order valence-electron chi connectivity index (χ3n) is 2.13. The van der Waals surface area contributed by atoms with Crippen LogP contribution >= 0.6 is 0 Å². The molecule has 4 nitrogen and oxygen atoms in total. The maximum atomic E-state index is 10.5. The maximum Gasteiger partial charge on any atom is 0.290 e. The molecular weight excluding hydrogens is 232 g/mol. The first-order valence-electron chi connectivity index (χ1n) is 5.67. The Kier molecular flexibility index (Phi) is 3.67. The molecule has 94 valence electrons. The molecule has 0 bridgehead atoms. The van der Waals surface area contributed by atoms with Crippen molar-refractivity contribution in [3.8, 4) is 17.4 Å². The first-order chi connectivity index (χ1) is 8.67. The molecule has 0 aliphatic carbocycles. The fraction of sp³-hybridized carbons (Fsp3) is 0.214. The Hall–Kier alpha value is -2.23. The van der Waals surface area contributed by atoms with E-state index in [1.165, 1.54) is 0 Å². The standard InChI is InChI=1S/C14H14O4/c1-10(2)16-11-3-5-12(6-4-11)17-14-8-7-13(9-15)18-14/h3-10H,1-2H3. The van der Waals surface area contributed by atoms with Crippen molar-refractivity contribution in [2.75, 3.05) is 0 Å². The summed E-state index contributed by atoms with van der Waals surface area (Å²) < 4.78 is 16.1. The molecule has 4 heteroatoms. The van der Waals surface area contributed by atoms with E-state index in [0.29, 0.717) is 12.0 Å². The molecule has 1 heterocycles. The SMILES string of the molecule is CC(C)Oc1ccc(Oc2ccc(C=O)o2)cc1. The van der Waals surface area contributed by atoms with Gasteiger partial charge in [-0.25, -0.2) is 0 Å². The van der Waals surface area contributed by atoms with Crippen LogP contribution in [0.2, 0.25) is 0 Å². The average Bonchev–Trinajstić information content (AvgIpc) is 2.79. The lowest BCUT2D eigenvalue weighted by molar-refractivity contribution is 0.109. The Balaban J connectivity index is 2.03. The summed E-state index contributed by atoms with van der Waals surface area (Å²) in [7, 11) is 0. The Morgan fingerprint density at radius 2 is 1.72 bits per heavy atom. The van der Waals surface area contributed by atoms with Crippen LogP contribution in [0.1, 0.15) is 24.4 Å². The van der Waals surface area contributed by atoms with Gasteiger partial charge in [0.25, 0.3) is 5.95 Å². The lowest BCUT2D eigenvalue weighted by atomic mass is 10.3. The molecule has 0 aliphatic rings. The van der Waals surface area contributed by atoms with E-state index < -0.39 is 0 Å². The Morgan fingerprint density at radius 1 is 1.06 bits per heavy atom. The molecule has 1 aromatic heterocycles. The van der Waals surface area contributed by atoms with Crippen LogP contribution in [0.4, 0.5) is 0 Å². The van der Waals surface area contributed by atoms with Gasteiger partial charge < -0.3 is 13.9 Å². The Bertz CT molecular complexity index is 511. The second-order valence-electron chi connectivity index (χ2n) is 4.01. The minimum absolute atomic E-state index is 0.136. The molecule has 0 amide bonds. The molecule has 0 unspecified atom stereocenters. The van der Waals surface area contributed by atoms with Gasteiger partial charge in [0.2, 0.25) is 0 Å². The molecule has 18 heavy (non-hydrogen) atoms. The first-order valence-corrected chi connectivity index (χ1v) is 5.67. The van der Waals surface area contributed by atoms with Crippen molar-refractivity contribution in [2.45, 2.75) is 20.0 Å². The first kappa shape index (κ1) is 12.2. The molecule has 0 radical (unpaired) electrons. The number of hydrogen-bond acceptors (Lipinski definition) is 4. The van der Waals surface area contributed by atoms with Crippen LogP contribution in [0.5, 0.6) is 17.4 Å². The molecule has 2 rings (SSSR count). The minimum Gasteiger partial charge on any atom is -0.491 e. The van der Waals surface area contributed by atoms with Crippen LogP contribution in [-0.4, -0.2) is 12.4 Å². The molecule has 0 aliphatic heterocycles. The van der Waals surface area contributed by atoms with E-state index in [0.717, 1.165) is 5.75 Å². The monoisotopic (exact) mass is 246 g/mol. The highest BCUT2D eigenvalue weighted by Crippen LogP contribution is 2.25. The normalized spacial score (nSPS) is 10.4. The number of carbonyl (C=O) groups is 1. The fourth-order valence-corrected chi connectivity index (χ4v) is 1.43. The number of hydrogen-bond donors (Lipinski definition) is 0. The van der Waals surface area contributed by atoms with Gasteiger partial charge in [0.1, 0.15) is 11.5 Å². The van der Waals surface area contributed by atoms with E-state index in [1.54, 1.807) is 24.3 Å². The van der Waals surface area contributed by atoms with Crippen molar-refractivity contribution in [1.29, 1.82) is 0 Å². The topological polar surface area (TPSA) is 48.7 Å². The van der Waals surface area contributed by atoms with Crippen molar-refractivity contribution in [3.05, 3.63) is 42.2 Å². The van der Waals surface area contributed by atoms with Crippen LogP contribution in [0.15, 0.2) is 40.8 Å². The number of benzene rings is 1. The van der Waals surface area contributed by atoms with Gasteiger partial charge in [-0.05, 0) is 44.2 Å². The van der Waals surface area contributed by atoms with Crippen LogP contribution in [-0.2, 0) is 0 Å². The largest absolute Gasteiger partial charge is 0.491 e. The van der Waals surface area contributed by atoms with E-state index in [2.05, 4.69) is 0 Å². The lowest BCUT2D eigenvalue weighted by Crippen LogP contribution is -2.05. The fourth-order valence-electron chi connectivity index (χ4n) is 1.43. The number of rotatable bonds is 5. The summed E-state index contributed by atoms with van der Waals surface area (Å²) in [6.45, 7) is 3.93. The van der Waals surface area contributed by atoms with E-state index in [1.807, 2.05) is 26.0 Å². The molecule has 0 fully saturated rings. The number of carbonyl (C=O) groups excluding carboxylic acids is 1. The second-order valence-corrected chi connectivity index (χ2v) is 4.01. The Morgan fingerprint density at radius 3 is 2.28 bits per heavy atom. The van der Waals surface area contributed by atoms with Gasteiger partial charge >= 0.3 is 0 Å². The zero-order valence-electron chi connectivity index (χ0n) is 10.3. The van der Waals surface area contributed by atoms with Crippen molar-refractivity contribution in [1.82, 2.24) is 0 Å². The molecule has 0 atom stereocenters. The quantitative estimate of drug-likeness (QED) is 0.755. The molecule has 2 aromatic rings. The van der Waals surface area contributed by atoms with Crippen LogP contribution < -0.4 is 9.47 Å². The predicted octanol–water partition coefficient (Wildman–Crippen LogP) is 3.67. The van der Waals surface area contributed by atoms with Gasteiger partial charge in [-0.3, -0.25) is 4.79 Å². The predicted molar refractivity (Wildman–Crippen MR) is 66.4 cm³/mol. The number of aldehydes is 1. The van der Waals surface area contributed by atoms with Gasteiger partial charge in [-0.15, -0.1) is 0 Å². The molecule has 0 saturated carbocycles.